The molecule has 2 fully saturated rings. The highest BCUT2D eigenvalue weighted by Gasteiger charge is 2.33. The second kappa shape index (κ2) is 5.83. The monoisotopic (exact) mass is 240 g/mol. The molecule has 1 amide bonds. The van der Waals surface area contributed by atoms with Gasteiger partial charge >= 0.3 is 0 Å². The lowest BCUT2D eigenvalue weighted by molar-refractivity contribution is -0.136. The number of hydrogen-bond acceptors (Lipinski definition) is 3. The summed E-state index contributed by atoms with van der Waals surface area (Å²) in [6.45, 7) is 3.99. The predicted molar refractivity (Wildman–Crippen MR) is 66.6 cm³/mol. The summed E-state index contributed by atoms with van der Waals surface area (Å²) >= 11 is 0. The van der Waals surface area contributed by atoms with Gasteiger partial charge in [-0.15, -0.1) is 0 Å². The second-order valence-electron chi connectivity index (χ2n) is 5.54. The molecule has 2 N–H and O–H groups in total. The van der Waals surface area contributed by atoms with Crippen LogP contribution in [0.5, 0.6) is 0 Å². The fourth-order valence-electron chi connectivity index (χ4n) is 2.50. The molecule has 0 radical (unpaired) electrons. The molecule has 0 aromatic rings. The molecule has 1 aliphatic carbocycles. The molecule has 4 heteroatoms. The lowest BCUT2D eigenvalue weighted by Gasteiger charge is -2.34. The topological polar surface area (TPSA) is 52.6 Å². The number of likely N-dealkylation sites (tertiary alicyclic amines) is 1. The molecule has 0 spiro atoms. The van der Waals surface area contributed by atoms with Gasteiger partial charge in [0.15, 0.2) is 0 Å². The van der Waals surface area contributed by atoms with Gasteiger partial charge in [-0.25, -0.2) is 0 Å². The minimum atomic E-state index is 0.0533. The molecule has 0 aromatic carbocycles. The number of nitrogens with one attached hydrogen (secondary N) is 1. The third-order valence-corrected chi connectivity index (χ3v) is 3.70. The van der Waals surface area contributed by atoms with E-state index in [1.807, 2.05) is 4.90 Å². The van der Waals surface area contributed by atoms with Gasteiger partial charge in [0.25, 0.3) is 0 Å². The smallest absolute Gasteiger partial charge is 0.239 e. The van der Waals surface area contributed by atoms with E-state index in [0.717, 1.165) is 32.4 Å². The number of hydrogen-bond donors (Lipinski definition) is 2. The molecule has 1 saturated carbocycles. The number of rotatable bonds is 6. The zero-order valence-electron chi connectivity index (χ0n) is 10.7. The van der Waals surface area contributed by atoms with Crippen LogP contribution < -0.4 is 5.32 Å². The standard InChI is InChI=1S/C13H24N2O2/c1-10(6-8-16)9-15-7-2-3-12(13(15)17)14-11-4-5-11/h10-12,14,16H,2-9H2,1H3. The van der Waals surface area contributed by atoms with Crippen LogP contribution in [0.1, 0.15) is 39.0 Å². The molecule has 2 rings (SSSR count). The summed E-state index contributed by atoms with van der Waals surface area (Å²) < 4.78 is 0. The number of aliphatic hydroxyl groups excluding tert-OH is 1. The predicted octanol–water partition coefficient (Wildman–Crippen LogP) is 0.748. The molecule has 17 heavy (non-hydrogen) atoms. The summed E-state index contributed by atoms with van der Waals surface area (Å²) in [4.78, 5) is 14.2. The van der Waals surface area contributed by atoms with Crippen molar-refractivity contribution in [3.63, 3.8) is 0 Å². The summed E-state index contributed by atoms with van der Waals surface area (Å²) in [5.74, 6) is 0.663. The van der Waals surface area contributed by atoms with Crippen molar-refractivity contribution < 1.29 is 9.90 Å². The fraction of sp³-hybridized carbons (Fsp3) is 0.923. The normalized spacial score (nSPS) is 27.3. The van der Waals surface area contributed by atoms with Crippen molar-refractivity contribution in [3.05, 3.63) is 0 Å². The maximum atomic E-state index is 12.2. The third kappa shape index (κ3) is 3.68. The minimum Gasteiger partial charge on any atom is -0.396 e. The maximum Gasteiger partial charge on any atom is 0.239 e. The third-order valence-electron chi connectivity index (χ3n) is 3.70. The minimum absolute atomic E-state index is 0.0533. The number of piperidine rings is 1. The average molecular weight is 240 g/mol. The Morgan fingerprint density at radius 1 is 1.47 bits per heavy atom. The number of nitrogens with zero attached hydrogens (tertiary/aromatic N) is 1. The Hall–Kier alpha value is -0.610. The Kier molecular flexibility index (Phi) is 4.40. The lowest BCUT2D eigenvalue weighted by atomic mass is 10.0. The van der Waals surface area contributed by atoms with Crippen LogP contribution in [0.3, 0.4) is 0 Å². The van der Waals surface area contributed by atoms with Crippen molar-refractivity contribution in [2.24, 2.45) is 5.92 Å². The molecule has 1 heterocycles. The van der Waals surface area contributed by atoms with Gasteiger partial charge in [0.2, 0.25) is 5.91 Å². The zero-order chi connectivity index (χ0) is 12.3. The maximum absolute atomic E-state index is 12.2. The molecule has 2 aliphatic rings. The first-order chi connectivity index (χ1) is 8.20. The van der Waals surface area contributed by atoms with Crippen molar-refractivity contribution in [1.29, 1.82) is 0 Å². The summed E-state index contributed by atoms with van der Waals surface area (Å²) in [5.41, 5.74) is 0. The van der Waals surface area contributed by atoms with Gasteiger partial charge in [0.1, 0.15) is 0 Å². The van der Waals surface area contributed by atoms with Crippen LogP contribution in [0.15, 0.2) is 0 Å². The summed E-state index contributed by atoms with van der Waals surface area (Å²) in [6, 6.07) is 0.649. The van der Waals surface area contributed by atoms with Crippen molar-refractivity contribution in [2.75, 3.05) is 19.7 Å². The van der Waals surface area contributed by atoms with Crippen LogP contribution in [0.25, 0.3) is 0 Å². The molecular formula is C13H24N2O2. The molecule has 2 unspecified atom stereocenters. The number of carbonyl (C=O) groups is 1. The van der Waals surface area contributed by atoms with Gasteiger partial charge in [-0.2, -0.15) is 0 Å². The Morgan fingerprint density at radius 2 is 2.24 bits per heavy atom. The zero-order valence-corrected chi connectivity index (χ0v) is 10.7. The van der Waals surface area contributed by atoms with Gasteiger partial charge in [-0.05, 0) is 38.0 Å². The largest absolute Gasteiger partial charge is 0.396 e. The molecule has 1 aliphatic heterocycles. The van der Waals surface area contributed by atoms with Crippen LogP contribution in [-0.4, -0.2) is 47.7 Å². The van der Waals surface area contributed by atoms with Gasteiger partial charge in [-0.3, -0.25) is 4.79 Å². The van der Waals surface area contributed by atoms with E-state index in [1.54, 1.807) is 0 Å². The van der Waals surface area contributed by atoms with E-state index in [9.17, 15) is 4.79 Å². The summed E-state index contributed by atoms with van der Waals surface area (Å²) in [6.07, 6.45) is 5.32. The van der Waals surface area contributed by atoms with Crippen molar-refractivity contribution in [1.82, 2.24) is 10.2 Å². The number of aliphatic hydroxyl groups is 1. The first kappa shape index (κ1) is 12.8. The molecule has 4 nitrogen and oxygen atoms in total. The molecule has 2 atom stereocenters. The average Bonchev–Trinajstić information content (AvgIpc) is 3.08. The SMILES string of the molecule is CC(CCO)CN1CCCC(NC2CC2)C1=O. The van der Waals surface area contributed by atoms with E-state index in [2.05, 4.69) is 12.2 Å². The molecular weight excluding hydrogens is 216 g/mol. The number of amides is 1. The number of carbonyl (C=O) groups excluding carboxylic acids is 1. The summed E-state index contributed by atoms with van der Waals surface area (Å²) in [5, 5.41) is 12.3. The molecule has 0 bridgehead atoms. The Bertz CT molecular complexity index is 266. The van der Waals surface area contributed by atoms with E-state index in [1.165, 1.54) is 12.8 Å². The van der Waals surface area contributed by atoms with Gasteiger partial charge in [0, 0.05) is 25.7 Å². The van der Waals surface area contributed by atoms with Crippen molar-refractivity contribution >= 4 is 5.91 Å². The molecule has 0 aromatic heterocycles. The lowest BCUT2D eigenvalue weighted by Crippen LogP contribution is -2.52. The van der Waals surface area contributed by atoms with Gasteiger partial charge < -0.3 is 15.3 Å². The van der Waals surface area contributed by atoms with E-state index < -0.39 is 0 Å². The molecule has 98 valence electrons. The van der Waals surface area contributed by atoms with Crippen molar-refractivity contribution in [3.8, 4) is 0 Å². The quantitative estimate of drug-likeness (QED) is 0.720. The highest BCUT2D eigenvalue weighted by atomic mass is 16.3. The highest BCUT2D eigenvalue weighted by Crippen LogP contribution is 2.23. The first-order valence-corrected chi connectivity index (χ1v) is 6.86. The fourth-order valence-corrected chi connectivity index (χ4v) is 2.50. The van der Waals surface area contributed by atoms with Crippen LogP contribution in [0, 0.1) is 5.92 Å². The van der Waals surface area contributed by atoms with Gasteiger partial charge in [0.05, 0.1) is 6.04 Å². The van der Waals surface area contributed by atoms with E-state index in [-0.39, 0.29) is 18.6 Å². The van der Waals surface area contributed by atoms with Crippen LogP contribution in [0.4, 0.5) is 0 Å². The second-order valence-corrected chi connectivity index (χ2v) is 5.54. The Balaban J connectivity index is 1.81. The Labute approximate surface area is 103 Å². The van der Waals surface area contributed by atoms with Crippen molar-refractivity contribution in [2.45, 2.75) is 51.1 Å². The van der Waals surface area contributed by atoms with Crippen LogP contribution >= 0.6 is 0 Å². The van der Waals surface area contributed by atoms with Crippen LogP contribution in [0.2, 0.25) is 0 Å². The van der Waals surface area contributed by atoms with E-state index >= 15 is 0 Å². The van der Waals surface area contributed by atoms with E-state index in [0.29, 0.717) is 12.0 Å². The molecule has 1 saturated heterocycles. The highest BCUT2D eigenvalue weighted by molar-refractivity contribution is 5.82. The van der Waals surface area contributed by atoms with Crippen LogP contribution in [-0.2, 0) is 4.79 Å². The first-order valence-electron chi connectivity index (χ1n) is 6.86. The van der Waals surface area contributed by atoms with E-state index in [4.69, 9.17) is 5.11 Å². The van der Waals surface area contributed by atoms with Gasteiger partial charge in [-0.1, -0.05) is 6.92 Å². The summed E-state index contributed by atoms with van der Waals surface area (Å²) in [7, 11) is 0. The Morgan fingerprint density at radius 3 is 2.88 bits per heavy atom.